The van der Waals surface area contributed by atoms with Crippen LogP contribution in [0.15, 0.2) is 112 Å². The highest BCUT2D eigenvalue weighted by Gasteiger charge is 2.28. The Morgan fingerprint density at radius 3 is 2.10 bits per heavy atom. The number of amides is 1. The van der Waals surface area contributed by atoms with Gasteiger partial charge < -0.3 is 39.8 Å². The summed E-state index contributed by atoms with van der Waals surface area (Å²) in [6, 6.07) is 25.7. The van der Waals surface area contributed by atoms with Crippen molar-refractivity contribution in [1.29, 1.82) is 0 Å². The second kappa shape index (κ2) is 14.4. The molecule has 59 heavy (non-hydrogen) atoms. The molecule has 3 aliphatic rings. The standard InChI is InChI=1S/C46H32N2O11/c1-22-4-9-29-37(16-22)58-38-19-25(48(2)3)7-12-30(38)40(29)27-10-5-23(17-33(27)45(54)55)43(51)47-21-35-36(50)15-14-32-41(31-13-8-26(49)20-39(31)59-42(32)35)28-11-6-24(44(52)53)18-34(28)46(56)57/h4-20,49H,1,21H2,2-3H3,(H,47,51)(H,52,53)(H,54,55)(H,56,57). The maximum absolute atomic E-state index is 13.8. The van der Waals surface area contributed by atoms with Gasteiger partial charge in [-0.25, -0.2) is 14.4 Å². The van der Waals surface area contributed by atoms with E-state index in [0.717, 1.165) is 11.8 Å². The van der Waals surface area contributed by atoms with E-state index in [4.69, 9.17) is 9.15 Å². The van der Waals surface area contributed by atoms with Gasteiger partial charge >= 0.3 is 17.9 Å². The predicted octanol–water partition coefficient (Wildman–Crippen LogP) is 6.12. The Morgan fingerprint density at radius 2 is 1.37 bits per heavy atom. The number of nitrogens with one attached hydrogen (secondary N) is 1. The molecule has 1 amide bonds. The highest BCUT2D eigenvalue weighted by molar-refractivity contribution is 6.09. The highest BCUT2D eigenvalue weighted by atomic mass is 16.5. The topological polar surface area (TPSA) is 204 Å². The molecule has 0 radical (unpaired) electrons. The minimum Gasteiger partial charge on any atom is -0.508 e. The summed E-state index contributed by atoms with van der Waals surface area (Å²) >= 11 is 0. The first-order valence-corrected chi connectivity index (χ1v) is 18.0. The van der Waals surface area contributed by atoms with E-state index in [-0.39, 0.29) is 61.6 Å². The quantitative estimate of drug-likeness (QED) is 0.105. The van der Waals surface area contributed by atoms with Gasteiger partial charge in [-0.3, -0.25) is 9.59 Å². The van der Waals surface area contributed by atoms with Gasteiger partial charge in [-0.15, -0.1) is 0 Å². The van der Waals surface area contributed by atoms with Crippen molar-refractivity contribution in [2.45, 2.75) is 6.54 Å². The van der Waals surface area contributed by atoms with Gasteiger partial charge in [0.2, 0.25) is 0 Å². The third-order valence-corrected chi connectivity index (χ3v) is 10.2. The van der Waals surface area contributed by atoms with Crippen molar-refractivity contribution in [2.24, 2.45) is 0 Å². The lowest BCUT2D eigenvalue weighted by molar-refractivity contribution is 0.0682. The van der Waals surface area contributed by atoms with E-state index in [0.29, 0.717) is 44.0 Å². The molecule has 0 atom stereocenters. The maximum Gasteiger partial charge on any atom is 0.336 e. The minimum absolute atomic E-state index is 0.0133. The first-order chi connectivity index (χ1) is 28.2. The molecule has 2 heterocycles. The van der Waals surface area contributed by atoms with Gasteiger partial charge in [0.25, 0.3) is 5.91 Å². The second-order valence-electron chi connectivity index (χ2n) is 14.1. The highest BCUT2D eigenvalue weighted by Crippen LogP contribution is 2.44. The summed E-state index contributed by atoms with van der Waals surface area (Å²) in [6.07, 6.45) is 0. The van der Waals surface area contributed by atoms with Crippen molar-refractivity contribution in [1.82, 2.24) is 5.32 Å². The average molecular weight is 789 g/mol. The van der Waals surface area contributed by atoms with Gasteiger partial charge in [-0.2, -0.15) is 0 Å². The zero-order chi connectivity index (χ0) is 41.9. The molecule has 13 heteroatoms. The number of nitrogens with zero attached hydrogens (tertiary/aromatic N) is 1. The van der Waals surface area contributed by atoms with Crippen LogP contribution in [0.5, 0.6) is 17.2 Å². The molecule has 0 spiro atoms. The third-order valence-electron chi connectivity index (χ3n) is 10.2. The Kier molecular flexibility index (Phi) is 9.20. The largest absolute Gasteiger partial charge is 0.508 e. The fraction of sp³-hybridized carbons (Fsp3) is 0.0652. The number of aromatic carboxylic acids is 3. The van der Waals surface area contributed by atoms with Crippen molar-refractivity contribution in [3.8, 4) is 39.7 Å². The Hall–Kier alpha value is -8.19. The molecule has 2 aliphatic heterocycles. The zero-order valence-corrected chi connectivity index (χ0v) is 31.3. The summed E-state index contributed by atoms with van der Waals surface area (Å²) in [6.45, 7) is 3.61. The molecule has 1 aliphatic carbocycles. The number of aromatic hydroxyl groups is 1. The minimum atomic E-state index is -1.40. The predicted molar refractivity (Wildman–Crippen MR) is 218 cm³/mol. The first kappa shape index (κ1) is 37.7. The Morgan fingerprint density at radius 1 is 0.695 bits per heavy atom. The summed E-state index contributed by atoms with van der Waals surface area (Å²) in [4.78, 5) is 66.2. The van der Waals surface area contributed by atoms with Crippen molar-refractivity contribution in [3.63, 3.8) is 0 Å². The molecule has 5 aromatic rings. The summed E-state index contributed by atoms with van der Waals surface area (Å²) in [5.41, 5.74) is 1.86. The average Bonchev–Trinajstić information content (AvgIpc) is 3.20. The smallest absolute Gasteiger partial charge is 0.336 e. The lowest BCUT2D eigenvalue weighted by Gasteiger charge is -2.24. The fourth-order valence-corrected chi connectivity index (χ4v) is 7.35. The van der Waals surface area contributed by atoms with Gasteiger partial charge in [0.05, 0.1) is 28.8 Å². The fourth-order valence-electron chi connectivity index (χ4n) is 7.35. The van der Waals surface area contributed by atoms with Gasteiger partial charge in [-0.05, 0) is 83.1 Å². The zero-order valence-electron chi connectivity index (χ0n) is 31.3. The molecule has 0 fully saturated rings. The van der Waals surface area contributed by atoms with E-state index in [1.165, 1.54) is 54.6 Å². The first-order valence-electron chi connectivity index (χ1n) is 18.0. The molecule has 0 aromatic heterocycles. The van der Waals surface area contributed by atoms with Crippen molar-refractivity contribution in [2.75, 3.05) is 19.0 Å². The van der Waals surface area contributed by atoms with Crippen LogP contribution in [0.2, 0.25) is 0 Å². The van der Waals surface area contributed by atoms with E-state index < -0.39 is 35.8 Å². The number of carbonyl (C=O) groups is 4. The molecular formula is C46H32N2O11. The molecule has 0 saturated heterocycles. The van der Waals surface area contributed by atoms with E-state index in [1.54, 1.807) is 24.3 Å². The van der Waals surface area contributed by atoms with Crippen LogP contribution in [0.4, 0.5) is 5.69 Å². The maximum atomic E-state index is 13.8. The second-order valence-corrected chi connectivity index (χ2v) is 14.1. The Bertz CT molecular complexity index is 3130. The molecule has 5 N–H and O–H groups in total. The number of phenolic OH excluding ortho intramolecular Hbond substituents is 1. The number of ether oxygens (including phenoxy) is 1. The van der Waals surface area contributed by atoms with E-state index in [9.17, 15) is 44.4 Å². The van der Waals surface area contributed by atoms with Crippen molar-refractivity contribution < 1.29 is 48.8 Å². The van der Waals surface area contributed by atoms with Crippen LogP contribution < -0.4 is 30.8 Å². The van der Waals surface area contributed by atoms with Gasteiger partial charge in [0, 0.05) is 70.3 Å². The number of fused-ring (bicyclic) bond motifs is 4. The summed E-state index contributed by atoms with van der Waals surface area (Å²) in [7, 11) is 3.78. The molecule has 292 valence electrons. The SMILES string of the molecule is C=c1ccc2c(c1)Oc1cc(N(C)C)ccc1C=2c1ccc(C(=O)NCc2c3oc4cc(O)ccc4c(-c4ccc(C(=O)O)cc4C(=O)O)c-3ccc2=O)cc1C(=O)O. The van der Waals surface area contributed by atoms with Gasteiger partial charge in [0.15, 0.2) is 5.43 Å². The number of rotatable bonds is 9. The molecule has 0 bridgehead atoms. The lowest BCUT2D eigenvalue weighted by Crippen LogP contribution is -2.27. The lowest BCUT2D eigenvalue weighted by atomic mass is 9.88. The number of hydrogen-bond donors (Lipinski definition) is 5. The van der Waals surface area contributed by atoms with Crippen molar-refractivity contribution in [3.05, 3.63) is 163 Å². The van der Waals surface area contributed by atoms with Crippen molar-refractivity contribution >= 4 is 52.6 Å². The van der Waals surface area contributed by atoms with Crippen LogP contribution >= 0.6 is 0 Å². The molecule has 0 saturated carbocycles. The third kappa shape index (κ3) is 6.65. The van der Waals surface area contributed by atoms with Crippen LogP contribution in [0.25, 0.3) is 45.6 Å². The Balaban J connectivity index is 1.20. The number of carboxylic acid groups (broad SMARTS) is 3. The summed E-state index contributed by atoms with van der Waals surface area (Å²) in [5.74, 6) is -3.93. The monoisotopic (exact) mass is 788 g/mol. The van der Waals surface area contributed by atoms with Crippen LogP contribution in [0.3, 0.4) is 0 Å². The number of anilines is 1. The van der Waals surface area contributed by atoms with Crippen LogP contribution in [0, 0.1) is 0 Å². The number of benzene rings is 6. The number of carboxylic acids is 3. The summed E-state index contributed by atoms with van der Waals surface area (Å²) < 4.78 is 12.4. The molecule has 5 aromatic carbocycles. The number of hydrogen-bond acceptors (Lipinski definition) is 9. The molecular weight excluding hydrogens is 757 g/mol. The van der Waals surface area contributed by atoms with Gasteiger partial charge in [-0.1, -0.05) is 30.8 Å². The van der Waals surface area contributed by atoms with Crippen LogP contribution in [-0.2, 0) is 6.54 Å². The molecule has 8 rings (SSSR count). The van der Waals surface area contributed by atoms with Crippen LogP contribution in [-0.4, -0.2) is 58.3 Å². The number of carbonyl (C=O) groups excluding carboxylic acids is 1. The Labute approximate surface area is 333 Å². The molecule has 13 nitrogen and oxygen atoms in total. The van der Waals surface area contributed by atoms with Gasteiger partial charge in [0.1, 0.15) is 28.6 Å². The van der Waals surface area contributed by atoms with E-state index >= 15 is 0 Å². The molecule has 0 unspecified atom stereocenters. The normalized spacial score (nSPS) is 11.7. The number of phenols is 1. The van der Waals surface area contributed by atoms with E-state index in [1.807, 2.05) is 37.2 Å². The van der Waals surface area contributed by atoms with Crippen LogP contribution in [0.1, 0.15) is 58.1 Å². The summed E-state index contributed by atoms with van der Waals surface area (Å²) in [5, 5.41) is 44.9. The van der Waals surface area contributed by atoms with E-state index in [2.05, 4.69) is 11.9 Å².